The summed E-state index contributed by atoms with van der Waals surface area (Å²) in [5.41, 5.74) is 1.44. The minimum absolute atomic E-state index is 0.141. The lowest BCUT2D eigenvalue weighted by Crippen LogP contribution is -2.27. The van der Waals surface area contributed by atoms with Gasteiger partial charge in [0.15, 0.2) is 4.32 Å². The van der Waals surface area contributed by atoms with Crippen LogP contribution in [0.2, 0.25) is 5.02 Å². The summed E-state index contributed by atoms with van der Waals surface area (Å²) in [6, 6.07) is 12.6. The molecule has 3 rings (SSSR count). The van der Waals surface area contributed by atoms with Crippen molar-refractivity contribution in [1.82, 2.24) is 4.98 Å². The second kappa shape index (κ2) is 5.97. The van der Waals surface area contributed by atoms with Gasteiger partial charge in [0.2, 0.25) is 0 Å². The van der Waals surface area contributed by atoms with E-state index >= 15 is 0 Å². The molecule has 6 heteroatoms. The molecule has 1 aromatic heterocycles. The lowest BCUT2D eigenvalue weighted by atomic mass is 10.2. The van der Waals surface area contributed by atoms with E-state index in [9.17, 15) is 4.79 Å². The van der Waals surface area contributed by atoms with Crippen molar-refractivity contribution in [3.8, 4) is 0 Å². The number of thioether (sulfide) groups is 1. The fraction of sp³-hybridized carbons (Fsp3) is 0. The molecular formula is C15H9ClN2OS2. The smallest absolute Gasteiger partial charge is 0.268 e. The van der Waals surface area contributed by atoms with Crippen LogP contribution in [0.5, 0.6) is 0 Å². The Hall–Kier alpha value is -1.69. The summed E-state index contributed by atoms with van der Waals surface area (Å²) in [6.07, 6.45) is 3.43. The van der Waals surface area contributed by atoms with E-state index in [0.29, 0.717) is 19.9 Å². The van der Waals surface area contributed by atoms with Crippen LogP contribution < -0.4 is 4.90 Å². The fourth-order valence-electron chi connectivity index (χ4n) is 1.88. The number of thiocarbonyl (C=S) groups is 1. The van der Waals surface area contributed by atoms with Crippen LogP contribution in [0.4, 0.5) is 5.69 Å². The van der Waals surface area contributed by atoms with Crippen molar-refractivity contribution in [2.24, 2.45) is 0 Å². The summed E-state index contributed by atoms with van der Waals surface area (Å²) in [4.78, 5) is 18.8. The predicted octanol–water partition coefficient (Wildman–Crippen LogP) is 4.14. The first kappa shape index (κ1) is 14.3. The van der Waals surface area contributed by atoms with Crippen molar-refractivity contribution in [1.29, 1.82) is 0 Å². The standard InChI is InChI=1S/C15H9ClN2OS2/c16-10-4-6-12(7-5-10)18-14(19)13(21-15(18)20)9-11-3-1-2-8-17-11/h1-9H/b13-9-. The molecule has 0 radical (unpaired) electrons. The van der Waals surface area contributed by atoms with Gasteiger partial charge in [-0.25, -0.2) is 0 Å². The number of benzene rings is 1. The van der Waals surface area contributed by atoms with Gasteiger partial charge in [0.1, 0.15) is 0 Å². The highest BCUT2D eigenvalue weighted by Gasteiger charge is 2.33. The van der Waals surface area contributed by atoms with Crippen molar-refractivity contribution in [3.63, 3.8) is 0 Å². The molecule has 0 aliphatic carbocycles. The number of amides is 1. The monoisotopic (exact) mass is 332 g/mol. The van der Waals surface area contributed by atoms with Crippen molar-refractivity contribution in [3.05, 3.63) is 64.3 Å². The van der Waals surface area contributed by atoms with E-state index in [0.717, 1.165) is 5.69 Å². The predicted molar refractivity (Wildman–Crippen MR) is 91.3 cm³/mol. The Morgan fingerprint density at radius 2 is 1.95 bits per heavy atom. The third-order valence-corrected chi connectivity index (χ3v) is 4.40. The van der Waals surface area contributed by atoms with Crippen LogP contribution in [-0.2, 0) is 4.79 Å². The zero-order chi connectivity index (χ0) is 14.8. The van der Waals surface area contributed by atoms with Gasteiger partial charge >= 0.3 is 0 Å². The number of aromatic nitrogens is 1. The Kier molecular flexibility index (Phi) is 4.05. The van der Waals surface area contributed by atoms with E-state index in [1.165, 1.54) is 16.7 Å². The van der Waals surface area contributed by atoms with Crippen molar-refractivity contribution >= 4 is 57.6 Å². The van der Waals surface area contributed by atoms with E-state index in [-0.39, 0.29) is 5.91 Å². The summed E-state index contributed by atoms with van der Waals surface area (Å²) in [7, 11) is 0. The molecule has 1 fully saturated rings. The maximum Gasteiger partial charge on any atom is 0.270 e. The molecule has 3 nitrogen and oxygen atoms in total. The Morgan fingerprint density at radius 3 is 2.62 bits per heavy atom. The quantitative estimate of drug-likeness (QED) is 0.611. The minimum atomic E-state index is -0.141. The molecule has 1 amide bonds. The second-order valence-electron chi connectivity index (χ2n) is 4.25. The first-order valence-corrected chi connectivity index (χ1v) is 7.70. The molecular weight excluding hydrogens is 324 g/mol. The number of carbonyl (C=O) groups is 1. The zero-order valence-corrected chi connectivity index (χ0v) is 13.1. The number of nitrogens with zero attached hydrogens (tertiary/aromatic N) is 2. The normalized spacial score (nSPS) is 16.8. The highest BCUT2D eigenvalue weighted by Crippen LogP contribution is 2.36. The van der Waals surface area contributed by atoms with Crippen LogP contribution in [-0.4, -0.2) is 15.2 Å². The maximum absolute atomic E-state index is 12.5. The van der Waals surface area contributed by atoms with E-state index in [4.69, 9.17) is 23.8 Å². The van der Waals surface area contributed by atoms with Crippen LogP contribution in [0.25, 0.3) is 6.08 Å². The Labute approximate surface area is 136 Å². The second-order valence-corrected chi connectivity index (χ2v) is 6.36. The lowest BCUT2D eigenvalue weighted by molar-refractivity contribution is -0.113. The molecule has 1 saturated heterocycles. The van der Waals surface area contributed by atoms with E-state index < -0.39 is 0 Å². The number of pyridine rings is 1. The van der Waals surface area contributed by atoms with Gasteiger partial charge in [-0.2, -0.15) is 0 Å². The van der Waals surface area contributed by atoms with Crippen LogP contribution in [0.3, 0.4) is 0 Å². The highest BCUT2D eigenvalue weighted by molar-refractivity contribution is 8.27. The summed E-state index contributed by atoms with van der Waals surface area (Å²) in [6.45, 7) is 0. The number of carbonyl (C=O) groups excluding carboxylic acids is 1. The number of halogens is 1. The minimum Gasteiger partial charge on any atom is -0.268 e. The third-order valence-electron chi connectivity index (χ3n) is 2.85. The van der Waals surface area contributed by atoms with Gasteiger partial charge in [0.25, 0.3) is 5.91 Å². The van der Waals surface area contributed by atoms with Gasteiger partial charge in [0.05, 0.1) is 16.3 Å². The molecule has 0 spiro atoms. The number of hydrogen-bond acceptors (Lipinski definition) is 4. The molecule has 0 N–H and O–H groups in total. The molecule has 2 heterocycles. The van der Waals surface area contributed by atoms with Gasteiger partial charge in [-0.3, -0.25) is 14.7 Å². The topological polar surface area (TPSA) is 33.2 Å². The van der Waals surface area contributed by atoms with E-state index in [1.54, 1.807) is 36.5 Å². The van der Waals surface area contributed by atoms with Crippen LogP contribution in [0.1, 0.15) is 5.69 Å². The highest BCUT2D eigenvalue weighted by atomic mass is 35.5. The van der Waals surface area contributed by atoms with Crippen molar-refractivity contribution in [2.75, 3.05) is 4.90 Å². The van der Waals surface area contributed by atoms with Crippen molar-refractivity contribution in [2.45, 2.75) is 0 Å². The Morgan fingerprint density at radius 1 is 1.19 bits per heavy atom. The Balaban J connectivity index is 1.92. The number of rotatable bonds is 2. The molecule has 1 aromatic carbocycles. The van der Waals surface area contributed by atoms with Gasteiger partial charge < -0.3 is 0 Å². The molecule has 0 unspecified atom stereocenters. The molecule has 2 aromatic rings. The van der Waals surface area contributed by atoms with Crippen LogP contribution in [0, 0.1) is 0 Å². The van der Waals surface area contributed by atoms with Crippen LogP contribution in [0.15, 0.2) is 53.6 Å². The van der Waals surface area contributed by atoms with Gasteiger partial charge in [-0.05, 0) is 42.5 Å². The molecule has 104 valence electrons. The largest absolute Gasteiger partial charge is 0.270 e. The SMILES string of the molecule is O=C1/C(=C/c2ccccn2)SC(=S)N1c1ccc(Cl)cc1. The van der Waals surface area contributed by atoms with Crippen molar-refractivity contribution < 1.29 is 4.79 Å². The Bertz CT molecular complexity index is 729. The van der Waals surface area contributed by atoms with Gasteiger partial charge in [-0.1, -0.05) is 41.6 Å². The van der Waals surface area contributed by atoms with Gasteiger partial charge in [0, 0.05) is 11.2 Å². The van der Waals surface area contributed by atoms with Crippen LogP contribution >= 0.6 is 35.6 Å². The maximum atomic E-state index is 12.5. The molecule has 0 saturated carbocycles. The summed E-state index contributed by atoms with van der Waals surface area (Å²) >= 11 is 12.4. The third kappa shape index (κ3) is 3.00. The number of anilines is 1. The average Bonchev–Trinajstić information content (AvgIpc) is 2.76. The average molecular weight is 333 g/mol. The van der Waals surface area contributed by atoms with E-state index in [1.807, 2.05) is 18.2 Å². The number of hydrogen-bond donors (Lipinski definition) is 0. The summed E-state index contributed by atoms with van der Waals surface area (Å²) in [5.74, 6) is -0.141. The van der Waals surface area contributed by atoms with Gasteiger partial charge in [-0.15, -0.1) is 0 Å². The van der Waals surface area contributed by atoms with E-state index in [2.05, 4.69) is 4.98 Å². The first-order chi connectivity index (χ1) is 10.1. The molecule has 1 aliphatic heterocycles. The molecule has 0 atom stereocenters. The summed E-state index contributed by atoms with van der Waals surface area (Å²) in [5, 5.41) is 0.619. The molecule has 0 bridgehead atoms. The lowest BCUT2D eigenvalue weighted by Gasteiger charge is -2.14. The fourth-order valence-corrected chi connectivity index (χ4v) is 3.29. The first-order valence-electron chi connectivity index (χ1n) is 6.10. The molecule has 1 aliphatic rings. The zero-order valence-electron chi connectivity index (χ0n) is 10.7. The molecule has 21 heavy (non-hydrogen) atoms. The summed E-state index contributed by atoms with van der Waals surface area (Å²) < 4.78 is 0.504.